The van der Waals surface area contributed by atoms with E-state index in [0.29, 0.717) is 23.1 Å². The lowest BCUT2D eigenvalue weighted by Gasteiger charge is -2.00. The van der Waals surface area contributed by atoms with Crippen molar-refractivity contribution in [1.82, 2.24) is 10.2 Å². The van der Waals surface area contributed by atoms with Gasteiger partial charge in [0, 0.05) is 18.6 Å². The number of nitrogens with one attached hydrogen (secondary N) is 2. The largest absolute Gasteiger partial charge is 0.309 e. The molecule has 2 N–H and O–H groups in total. The Morgan fingerprint density at radius 2 is 2.33 bits per heavy atom. The molecule has 0 saturated carbocycles. The smallest absolute Gasteiger partial charge is 0.270 e. The Bertz CT molecular complexity index is 605. The van der Waals surface area contributed by atoms with E-state index in [9.17, 15) is 14.9 Å². The van der Waals surface area contributed by atoms with Gasteiger partial charge in [0.15, 0.2) is 5.82 Å². The molecule has 0 fully saturated rings. The van der Waals surface area contributed by atoms with Gasteiger partial charge in [-0.05, 0) is 12.5 Å². The van der Waals surface area contributed by atoms with Crippen molar-refractivity contribution in [2.75, 3.05) is 5.32 Å². The van der Waals surface area contributed by atoms with E-state index in [1.54, 1.807) is 6.07 Å². The first-order chi connectivity index (χ1) is 8.61. The van der Waals surface area contributed by atoms with Gasteiger partial charge in [-0.1, -0.05) is 6.92 Å². The number of nitrogens with zero attached hydrogens (tertiary/aromatic N) is 2. The van der Waals surface area contributed by atoms with Crippen molar-refractivity contribution >= 4 is 28.3 Å². The number of anilines is 1. The second kappa shape index (κ2) is 4.82. The molecule has 0 spiro atoms. The minimum Gasteiger partial charge on any atom is -0.309 e. The highest BCUT2D eigenvalue weighted by atomic mass is 16.6. The van der Waals surface area contributed by atoms with E-state index < -0.39 is 4.92 Å². The van der Waals surface area contributed by atoms with Gasteiger partial charge in [0.25, 0.3) is 5.69 Å². The molecule has 0 bridgehead atoms. The summed E-state index contributed by atoms with van der Waals surface area (Å²) in [4.78, 5) is 21.7. The van der Waals surface area contributed by atoms with Crippen LogP contribution in [0.15, 0.2) is 18.2 Å². The minimum atomic E-state index is -0.482. The number of H-pyrrole nitrogens is 1. The summed E-state index contributed by atoms with van der Waals surface area (Å²) in [6.45, 7) is 1.90. The molecule has 94 valence electrons. The Labute approximate surface area is 102 Å². The number of nitro benzene ring substituents is 1. The fraction of sp³-hybridized carbons (Fsp3) is 0.273. The molecular weight excluding hydrogens is 236 g/mol. The van der Waals surface area contributed by atoms with Crippen LogP contribution >= 0.6 is 0 Å². The molecule has 0 radical (unpaired) electrons. The third kappa shape index (κ3) is 2.29. The Hall–Kier alpha value is -2.44. The third-order valence-electron chi connectivity index (χ3n) is 2.49. The average molecular weight is 248 g/mol. The second-order valence-electron chi connectivity index (χ2n) is 3.86. The number of carbonyl (C=O) groups is 1. The lowest BCUT2D eigenvalue weighted by Crippen LogP contribution is -2.11. The Kier molecular flexibility index (Phi) is 3.22. The predicted octanol–water partition coefficient (Wildman–Crippen LogP) is 2.21. The van der Waals surface area contributed by atoms with Crippen molar-refractivity contribution in [2.24, 2.45) is 0 Å². The van der Waals surface area contributed by atoms with E-state index in [-0.39, 0.29) is 11.6 Å². The molecule has 0 aliphatic heterocycles. The number of benzene rings is 1. The van der Waals surface area contributed by atoms with Gasteiger partial charge in [-0.3, -0.25) is 20.0 Å². The highest BCUT2D eigenvalue weighted by Gasteiger charge is 2.13. The number of nitro groups is 1. The molecule has 0 saturated heterocycles. The topological polar surface area (TPSA) is 101 Å². The number of aromatic nitrogens is 2. The van der Waals surface area contributed by atoms with Gasteiger partial charge in [0.2, 0.25) is 5.91 Å². The first-order valence-corrected chi connectivity index (χ1v) is 5.54. The minimum absolute atomic E-state index is 0.0325. The monoisotopic (exact) mass is 248 g/mol. The standard InChI is InChI=1S/C11H12N4O3/c1-2-3-10(16)12-11-8-6-7(15(17)18)4-5-9(8)13-14-11/h4-6H,2-3H2,1H3,(H2,12,13,14,16). The van der Waals surface area contributed by atoms with Crippen LogP contribution in [0.2, 0.25) is 0 Å². The van der Waals surface area contributed by atoms with Gasteiger partial charge >= 0.3 is 0 Å². The maximum absolute atomic E-state index is 11.5. The van der Waals surface area contributed by atoms with E-state index in [1.807, 2.05) is 6.92 Å². The quantitative estimate of drug-likeness (QED) is 0.639. The molecule has 1 heterocycles. The Balaban J connectivity index is 2.36. The van der Waals surface area contributed by atoms with E-state index in [0.717, 1.165) is 6.42 Å². The summed E-state index contributed by atoms with van der Waals surface area (Å²) in [5.41, 5.74) is 0.613. The van der Waals surface area contributed by atoms with E-state index in [4.69, 9.17) is 0 Å². The summed E-state index contributed by atoms with van der Waals surface area (Å²) in [6, 6.07) is 4.34. The Morgan fingerprint density at radius 1 is 1.56 bits per heavy atom. The van der Waals surface area contributed by atoms with Crippen LogP contribution in [0.25, 0.3) is 10.9 Å². The van der Waals surface area contributed by atoms with Crippen LogP contribution in [0.5, 0.6) is 0 Å². The molecule has 2 aromatic rings. The van der Waals surface area contributed by atoms with Gasteiger partial charge in [-0.15, -0.1) is 0 Å². The number of rotatable bonds is 4. The highest BCUT2D eigenvalue weighted by molar-refractivity contribution is 6.00. The highest BCUT2D eigenvalue weighted by Crippen LogP contribution is 2.25. The number of aromatic amines is 1. The fourth-order valence-corrected chi connectivity index (χ4v) is 1.63. The van der Waals surface area contributed by atoms with Crippen molar-refractivity contribution in [1.29, 1.82) is 0 Å². The summed E-state index contributed by atoms with van der Waals surface area (Å²) in [6.07, 6.45) is 1.12. The van der Waals surface area contributed by atoms with Crippen LogP contribution in [0, 0.1) is 10.1 Å². The molecule has 0 aliphatic carbocycles. The second-order valence-corrected chi connectivity index (χ2v) is 3.86. The molecule has 0 unspecified atom stereocenters. The zero-order chi connectivity index (χ0) is 13.1. The van der Waals surface area contributed by atoms with Gasteiger partial charge in [0.1, 0.15) is 0 Å². The molecule has 0 aliphatic rings. The van der Waals surface area contributed by atoms with Crippen molar-refractivity contribution < 1.29 is 9.72 Å². The van der Waals surface area contributed by atoms with Gasteiger partial charge in [-0.25, -0.2) is 0 Å². The third-order valence-corrected chi connectivity index (χ3v) is 2.49. The van der Waals surface area contributed by atoms with E-state index in [2.05, 4.69) is 15.5 Å². The summed E-state index contributed by atoms with van der Waals surface area (Å²) >= 11 is 0. The summed E-state index contributed by atoms with van der Waals surface area (Å²) < 4.78 is 0. The SMILES string of the molecule is CCCC(=O)Nc1n[nH]c2ccc([N+](=O)[O-])cc12. The van der Waals surface area contributed by atoms with Gasteiger partial charge in [-0.2, -0.15) is 5.10 Å². The van der Waals surface area contributed by atoms with Crippen molar-refractivity contribution in [3.05, 3.63) is 28.3 Å². The van der Waals surface area contributed by atoms with Crippen LogP contribution in [-0.4, -0.2) is 21.0 Å². The van der Waals surface area contributed by atoms with Gasteiger partial charge < -0.3 is 5.32 Å². The van der Waals surface area contributed by atoms with E-state index in [1.165, 1.54) is 12.1 Å². The van der Waals surface area contributed by atoms with Crippen LogP contribution < -0.4 is 5.32 Å². The summed E-state index contributed by atoms with van der Waals surface area (Å²) in [5, 5.41) is 20.5. The first-order valence-electron chi connectivity index (χ1n) is 5.54. The number of amides is 1. The number of non-ortho nitro benzene ring substituents is 1. The maximum atomic E-state index is 11.5. The summed E-state index contributed by atoms with van der Waals surface area (Å²) in [7, 11) is 0. The van der Waals surface area contributed by atoms with Crippen molar-refractivity contribution in [3.8, 4) is 0 Å². The van der Waals surface area contributed by atoms with Crippen molar-refractivity contribution in [3.63, 3.8) is 0 Å². The fourth-order valence-electron chi connectivity index (χ4n) is 1.63. The number of hydrogen-bond donors (Lipinski definition) is 2. The zero-order valence-corrected chi connectivity index (χ0v) is 9.77. The van der Waals surface area contributed by atoms with E-state index >= 15 is 0 Å². The molecule has 1 amide bonds. The lowest BCUT2D eigenvalue weighted by atomic mass is 10.2. The van der Waals surface area contributed by atoms with Crippen LogP contribution in [0.3, 0.4) is 0 Å². The van der Waals surface area contributed by atoms with Gasteiger partial charge in [0.05, 0.1) is 15.8 Å². The first kappa shape index (κ1) is 12.0. The molecule has 18 heavy (non-hydrogen) atoms. The normalized spacial score (nSPS) is 10.5. The van der Waals surface area contributed by atoms with Crippen molar-refractivity contribution in [2.45, 2.75) is 19.8 Å². The molecule has 2 rings (SSSR count). The zero-order valence-electron chi connectivity index (χ0n) is 9.77. The molecule has 7 heteroatoms. The van der Waals surface area contributed by atoms with Crippen LogP contribution in [0.4, 0.5) is 11.5 Å². The van der Waals surface area contributed by atoms with Crippen LogP contribution in [0.1, 0.15) is 19.8 Å². The average Bonchev–Trinajstić information content (AvgIpc) is 2.72. The molecule has 1 aromatic heterocycles. The molecule has 0 atom stereocenters. The number of hydrogen-bond acceptors (Lipinski definition) is 4. The van der Waals surface area contributed by atoms with Crippen LogP contribution in [-0.2, 0) is 4.79 Å². The molecule has 1 aromatic carbocycles. The maximum Gasteiger partial charge on any atom is 0.270 e. The number of fused-ring (bicyclic) bond motifs is 1. The molecular formula is C11H12N4O3. The number of carbonyl (C=O) groups excluding carboxylic acids is 1. The lowest BCUT2D eigenvalue weighted by molar-refractivity contribution is -0.384. The Morgan fingerprint density at radius 3 is 3.00 bits per heavy atom. The predicted molar refractivity (Wildman–Crippen MR) is 66.3 cm³/mol. The molecule has 7 nitrogen and oxygen atoms in total. The summed E-state index contributed by atoms with van der Waals surface area (Å²) in [5.74, 6) is 0.171.